The Morgan fingerprint density at radius 2 is 1.79 bits per heavy atom. The van der Waals surface area contributed by atoms with Crippen LogP contribution in [0.2, 0.25) is 0 Å². The molecular weight excluding hydrogens is 382 g/mol. The van der Waals surface area contributed by atoms with Crippen molar-refractivity contribution >= 4 is 15.9 Å². The maximum Gasteiger partial charge on any atom is 0.251 e. The molecule has 150 valence electrons. The van der Waals surface area contributed by atoms with E-state index >= 15 is 0 Å². The van der Waals surface area contributed by atoms with Crippen LogP contribution >= 0.6 is 0 Å². The number of hydrogen-bond acceptors (Lipinski definition) is 5. The predicted molar refractivity (Wildman–Crippen MR) is 103 cm³/mol. The minimum Gasteiger partial charge on any atom is -0.389 e. The number of sulfonamides is 1. The molecule has 28 heavy (non-hydrogen) atoms. The Bertz CT molecular complexity index is 979. The quantitative estimate of drug-likeness (QED) is 0.694. The Morgan fingerprint density at radius 3 is 2.43 bits per heavy atom. The lowest BCUT2D eigenvalue weighted by atomic mass is 10.2. The van der Waals surface area contributed by atoms with Crippen LogP contribution in [0.15, 0.2) is 58.4 Å². The van der Waals surface area contributed by atoms with Crippen molar-refractivity contribution in [3.8, 4) is 0 Å². The SMILES string of the molecule is O=C(NCC(O)Cn1ccccc1=O)c1ccc(S(=O)(=O)N2CCCC2)cc1. The van der Waals surface area contributed by atoms with Crippen LogP contribution in [0.3, 0.4) is 0 Å². The van der Waals surface area contributed by atoms with E-state index in [2.05, 4.69) is 5.32 Å². The Morgan fingerprint density at radius 1 is 1.11 bits per heavy atom. The van der Waals surface area contributed by atoms with Gasteiger partial charge in [0.1, 0.15) is 0 Å². The minimum atomic E-state index is -3.52. The first-order chi connectivity index (χ1) is 13.4. The van der Waals surface area contributed by atoms with Crippen molar-refractivity contribution in [3.63, 3.8) is 0 Å². The molecule has 1 saturated heterocycles. The second-order valence-corrected chi connectivity index (χ2v) is 8.63. The molecule has 1 aliphatic rings. The highest BCUT2D eigenvalue weighted by atomic mass is 32.2. The van der Waals surface area contributed by atoms with Crippen LogP contribution in [-0.2, 0) is 16.6 Å². The molecule has 0 spiro atoms. The summed E-state index contributed by atoms with van der Waals surface area (Å²) in [5.74, 6) is -0.426. The molecule has 9 heteroatoms. The number of nitrogens with zero attached hydrogens (tertiary/aromatic N) is 2. The Labute approximate surface area is 163 Å². The standard InChI is InChI=1S/C19H23N3O5S/c23-16(14-21-10-2-1-5-18(21)24)13-20-19(25)15-6-8-17(9-7-15)28(26,27)22-11-3-4-12-22/h1-2,5-10,16,23H,3-4,11-14H2,(H,20,25). The van der Waals surface area contributed by atoms with E-state index in [0.717, 1.165) is 12.8 Å². The van der Waals surface area contributed by atoms with Crippen LogP contribution < -0.4 is 10.9 Å². The van der Waals surface area contributed by atoms with Crippen molar-refractivity contribution in [3.05, 3.63) is 64.6 Å². The van der Waals surface area contributed by atoms with Gasteiger partial charge in [0.05, 0.1) is 17.5 Å². The fourth-order valence-corrected chi connectivity index (χ4v) is 4.59. The topological polar surface area (TPSA) is 109 Å². The lowest BCUT2D eigenvalue weighted by Crippen LogP contribution is -2.36. The molecule has 2 heterocycles. The zero-order valence-corrected chi connectivity index (χ0v) is 16.1. The summed E-state index contributed by atoms with van der Waals surface area (Å²) in [6, 6.07) is 10.4. The average Bonchev–Trinajstić information content (AvgIpc) is 3.24. The van der Waals surface area contributed by atoms with E-state index < -0.39 is 22.0 Å². The first-order valence-corrected chi connectivity index (χ1v) is 10.5. The minimum absolute atomic E-state index is 0.0337. The highest BCUT2D eigenvalue weighted by Gasteiger charge is 2.27. The first-order valence-electron chi connectivity index (χ1n) is 9.10. The van der Waals surface area contributed by atoms with Gasteiger partial charge in [-0.1, -0.05) is 6.07 Å². The summed E-state index contributed by atoms with van der Waals surface area (Å²) >= 11 is 0. The molecule has 1 aromatic carbocycles. The highest BCUT2D eigenvalue weighted by molar-refractivity contribution is 7.89. The number of amides is 1. The Kier molecular flexibility index (Phi) is 6.28. The van der Waals surface area contributed by atoms with Gasteiger partial charge in [0, 0.05) is 37.5 Å². The van der Waals surface area contributed by atoms with Crippen molar-refractivity contribution in [2.45, 2.75) is 30.4 Å². The molecule has 0 bridgehead atoms. The number of aliphatic hydroxyl groups excluding tert-OH is 1. The van der Waals surface area contributed by atoms with Crippen molar-refractivity contribution in [2.24, 2.45) is 0 Å². The van der Waals surface area contributed by atoms with Gasteiger partial charge in [-0.2, -0.15) is 4.31 Å². The number of benzene rings is 1. The van der Waals surface area contributed by atoms with Gasteiger partial charge in [-0.25, -0.2) is 8.42 Å². The summed E-state index contributed by atoms with van der Waals surface area (Å²) in [6.07, 6.45) is 2.35. The number of aliphatic hydroxyl groups is 1. The summed E-state index contributed by atoms with van der Waals surface area (Å²) in [5, 5.41) is 12.6. The molecule has 1 aliphatic heterocycles. The summed E-state index contributed by atoms with van der Waals surface area (Å²) in [5.41, 5.74) is 0.0622. The smallest absolute Gasteiger partial charge is 0.251 e. The van der Waals surface area contributed by atoms with Crippen LogP contribution in [0.1, 0.15) is 23.2 Å². The Balaban J connectivity index is 1.57. The largest absolute Gasteiger partial charge is 0.389 e. The van der Waals surface area contributed by atoms with Crippen LogP contribution in [-0.4, -0.2) is 54.0 Å². The summed E-state index contributed by atoms with van der Waals surface area (Å²) in [6.45, 7) is 1.07. The third-order valence-electron chi connectivity index (χ3n) is 4.62. The predicted octanol–water partition coefficient (Wildman–Crippen LogP) is 0.424. The van der Waals surface area contributed by atoms with E-state index in [0.29, 0.717) is 18.7 Å². The van der Waals surface area contributed by atoms with Crippen molar-refractivity contribution in [1.82, 2.24) is 14.2 Å². The summed E-state index contributed by atoms with van der Waals surface area (Å²) in [7, 11) is -3.52. The number of hydrogen-bond donors (Lipinski definition) is 2. The number of carbonyl (C=O) groups excluding carboxylic acids is 1. The summed E-state index contributed by atoms with van der Waals surface area (Å²) < 4.78 is 27.8. The third kappa shape index (κ3) is 4.67. The second kappa shape index (κ2) is 8.68. The zero-order valence-electron chi connectivity index (χ0n) is 15.3. The molecular formula is C19H23N3O5S. The number of carbonyl (C=O) groups is 1. The van der Waals surface area contributed by atoms with Gasteiger partial charge in [-0.15, -0.1) is 0 Å². The molecule has 2 aromatic rings. The summed E-state index contributed by atoms with van der Waals surface area (Å²) in [4.78, 5) is 24.0. The molecule has 1 atom stereocenters. The third-order valence-corrected chi connectivity index (χ3v) is 6.54. The zero-order chi connectivity index (χ0) is 20.1. The number of aromatic nitrogens is 1. The van der Waals surface area contributed by atoms with Crippen molar-refractivity contribution in [2.75, 3.05) is 19.6 Å². The molecule has 8 nitrogen and oxygen atoms in total. The van der Waals surface area contributed by atoms with Crippen LogP contribution in [0.4, 0.5) is 0 Å². The van der Waals surface area contributed by atoms with Crippen molar-refractivity contribution < 1.29 is 18.3 Å². The monoisotopic (exact) mass is 405 g/mol. The van der Waals surface area contributed by atoms with Gasteiger partial charge in [0.15, 0.2) is 0 Å². The van der Waals surface area contributed by atoms with Gasteiger partial charge >= 0.3 is 0 Å². The molecule has 1 unspecified atom stereocenters. The van der Waals surface area contributed by atoms with Crippen molar-refractivity contribution in [1.29, 1.82) is 0 Å². The molecule has 0 radical (unpaired) electrons. The molecule has 0 saturated carbocycles. The Hall–Kier alpha value is -2.49. The maximum absolute atomic E-state index is 12.5. The first kappa shape index (κ1) is 20.2. The van der Waals surface area contributed by atoms with Gasteiger partial charge in [-0.3, -0.25) is 9.59 Å². The molecule has 3 rings (SSSR count). The fourth-order valence-electron chi connectivity index (χ4n) is 3.07. The van der Waals surface area contributed by atoms with E-state index in [1.165, 1.54) is 39.2 Å². The molecule has 1 aromatic heterocycles. The van der Waals surface area contributed by atoms with Crippen LogP contribution in [0.25, 0.3) is 0 Å². The number of pyridine rings is 1. The molecule has 1 fully saturated rings. The van der Waals surface area contributed by atoms with Gasteiger partial charge < -0.3 is 15.0 Å². The van der Waals surface area contributed by atoms with Crippen LogP contribution in [0, 0.1) is 0 Å². The van der Waals surface area contributed by atoms with Gasteiger partial charge in [0.2, 0.25) is 10.0 Å². The van der Waals surface area contributed by atoms with E-state index in [1.54, 1.807) is 18.3 Å². The number of nitrogens with one attached hydrogen (secondary N) is 1. The highest BCUT2D eigenvalue weighted by Crippen LogP contribution is 2.21. The normalized spacial score (nSPS) is 16.0. The average molecular weight is 405 g/mol. The van der Waals surface area contributed by atoms with Gasteiger partial charge in [0.25, 0.3) is 11.5 Å². The lowest BCUT2D eigenvalue weighted by Gasteiger charge is -2.16. The second-order valence-electron chi connectivity index (χ2n) is 6.69. The molecule has 0 aliphatic carbocycles. The van der Waals surface area contributed by atoms with E-state index in [1.807, 2.05) is 0 Å². The molecule has 2 N–H and O–H groups in total. The van der Waals surface area contributed by atoms with Crippen LogP contribution in [0.5, 0.6) is 0 Å². The van der Waals surface area contributed by atoms with E-state index in [9.17, 15) is 23.1 Å². The maximum atomic E-state index is 12.5. The number of rotatable bonds is 7. The lowest BCUT2D eigenvalue weighted by molar-refractivity contribution is 0.0903. The molecule has 1 amide bonds. The van der Waals surface area contributed by atoms with E-state index in [-0.39, 0.29) is 23.5 Å². The van der Waals surface area contributed by atoms with Gasteiger partial charge in [-0.05, 0) is 43.2 Å². The van der Waals surface area contributed by atoms with E-state index in [4.69, 9.17) is 0 Å². The fraction of sp³-hybridized carbons (Fsp3) is 0.368.